The molecule has 0 atom stereocenters. The summed E-state index contributed by atoms with van der Waals surface area (Å²) in [5.41, 5.74) is 13.5. The first-order valence-corrected chi connectivity index (χ1v) is 17.7. The van der Waals surface area contributed by atoms with Crippen LogP contribution in [0.4, 0.5) is 22.7 Å². The van der Waals surface area contributed by atoms with Gasteiger partial charge in [0.05, 0.1) is 44.8 Å². The van der Waals surface area contributed by atoms with Crippen LogP contribution in [0.15, 0.2) is 133 Å². The molecule has 58 heavy (non-hydrogen) atoms. The Morgan fingerprint density at radius 3 is 1.07 bits per heavy atom. The number of nitrogen functional groups attached to an aromatic ring is 2. The van der Waals surface area contributed by atoms with E-state index in [0.717, 1.165) is 9.80 Å². The minimum absolute atomic E-state index is 0.00986. The van der Waals surface area contributed by atoms with Gasteiger partial charge in [0, 0.05) is 11.4 Å². The van der Waals surface area contributed by atoms with Crippen molar-refractivity contribution in [2.75, 3.05) is 34.5 Å². The van der Waals surface area contributed by atoms with Gasteiger partial charge in [-0.2, -0.15) is 0 Å². The van der Waals surface area contributed by atoms with E-state index in [1.807, 2.05) is 0 Å². The summed E-state index contributed by atoms with van der Waals surface area (Å²) in [6.45, 7) is -0.667. The van der Waals surface area contributed by atoms with Crippen LogP contribution in [0, 0.1) is 0 Å². The van der Waals surface area contributed by atoms with Gasteiger partial charge in [0.1, 0.15) is 36.2 Å². The van der Waals surface area contributed by atoms with Crippen molar-refractivity contribution < 1.29 is 47.7 Å². The first-order valence-electron chi connectivity index (χ1n) is 17.7. The highest BCUT2D eigenvalue weighted by Gasteiger charge is 2.38. The van der Waals surface area contributed by atoms with E-state index in [0.29, 0.717) is 45.7 Å². The second-order valence-electron chi connectivity index (χ2n) is 13.0. The molecule has 4 N–H and O–H groups in total. The van der Waals surface area contributed by atoms with E-state index in [4.69, 9.17) is 30.4 Å². The lowest BCUT2D eigenvalue weighted by Crippen LogP contribution is -2.29. The summed E-state index contributed by atoms with van der Waals surface area (Å²) in [6.07, 6.45) is 0. The first kappa shape index (κ1) is 36.7. The lowest BCUT2D eigenvalue weighted by Gasteiger charge is -2.14. The Labute approximate surface area is 329 Å². The normalized spacial score (nSPS) is 13.0. The number of ether oxygens (including phenoxy) is 4. The molecule has 2 heterocycles. The van der Waals surface area contributed by atoms with Crippen molar-refractivity contribution in [1.82, 2.24) is 0 Å². The lowest BCUT2D eigenvalue weighted by molar-refractivity contribution is 0.0265. The van der Waals surface area contributed by atoms with E-state index >= 15 is 0 Å². The topological polar surface area (TPSA) is 198 Å². The van der Waals surface area contributed by atoms with Crippen LogP contribution in [0.2, 0.25) is 0 Å². The Morgan fingerprint density at radius 1 is 0.414 bits per heavy atom. The van der Waals surface area contributed by atoms with Gasteiger partial charge in [0.15, 0.2) is 0 Å². The zero-order valence-electron chi connectivity index (χ0n) is 30.2. The number of hydrogen-bond acceptors (Lipinski definition) is 12. The van der Waals surface area contributed by atoms with Crippen LogP contribution >= 0.6 is 0 Å². The summed E-state index contributed by atoms with van der Waals surface area (Å²) in [7, 11) is 0. The maximum Gasteiger partial charge on any atom is 0.338 e. The van der Waals surface area contributed by atoms with Crippen LogP contribution in [-0.2, 0) is 9.47 Å². The van der Waals surface area contributed by atoms with Gasteiger partial charge in [-0.15, -0.1) is 0 Å². The van der Waals surface area contributed by atoms with Gasteiger partial charge in [-0.3, -0.25) is 19.2 Å². The monoisotopic (exact) mass is 774 g/mol. The van der Waals surface area contributed by atoms with Gasteiger partial charge in [-0.25, -0.2) is 19.4 Å². The maximum absolute atomic E-state index is 13.3. The van der Waals surface area contributed by atoms with E-state index < -0.39 is 35.6 Å². The number of carbonyl (C=O) groups is 6. The number of nitrogens with zero attached hydrogens (tertiary/aromatic N) is 2. The number of amides is 4. The number of fused-ring (bicyclic) bond motifs is 2. The number of anilines is 4. The standard InChI is InChI=1S/C44H30N4O10/c45-27-3-11-31(12-4-27)57-33-15-7-29(8-16-33)47-39(49)35-19-1-25(23-37(35)41(47)51)43(53)55-21-22-56-44(54)26-2-20-36-38(24-26)42(52)48(40(36)50)30-9-17-34(18-10-30)58-32-13-5-28(46)6-14-32/h1-20,23-24H,21-22,45-46H2. The molecule has 14 nitrogen and oxygen atoms in total. The summed E-state index contributed by atoms with van der Waals surface area (Å²) in [5, 5.41) is 0. The van der Waals surface area contributed by atoms with E-state index in [2.05, 4.69) is 0 Å². The first-order chi connectivity index (χ1) is 28.0. The molecule has 2 aliphatic heterocycles. The van der Waals surface area contributed by atoms with E-state index in [1.54, 1.807) is 97.1 Å². The van der Waals surface area contributed by atoms with Crippen LogP contribution in [0.3, 0.4) is 0 Å². The lowest BCUT2D eigenvalue weighted by atomic mass is 10.1. The van der Waals surface area contributed by atoms with Crippen LogP contribution in [-0.4, -0.2) is 48.8 Å². The van der Waals surface area contributed by atoms with Crippen LogP contribution in [0.25, 0.3) is 0 Å². The minimum atomic E-state index is -0.812. The molecule has 0 saturated heterocycles. The molecule has 0 spiro atoms. The van der Waals surface area contributed by atoms with Crippen molar-refractivity contribution in [3.8, 4) is 23.0 Å². The molecule has 0 aliphatic carbocycles. The fraction of sp³-hybridized carbons (Fsp3) is 0.0455. The van der Waals surface area contributed by atoms with E-state index in [1.165, 1.54) is 36.4 Å². The van der Waals surface area contributed by atoms with Crippen molar-refractivity contribution in [3.63, 3.8) is 0 Å². The van der Waals surface area contributed by atoms with Crippen molar-refractivity contribution in [2.24, 2.45) is 0 Å². The third-order valence-corrected chi connectivity index (χ3v) is 9.22. The molecule has 14 heteroatoms. The van der Waals surface area contributed by atoms with Crippen LogP contribution in [0.1, 0.15) is 62.1 Å². The number of imide groups is 2. The summed E-state index contributed by atoms with van der Waals surface area (Å²) in [5.74, 6) is -1.89. The van der Waals surface area contributed by atoms with Crippen molar-refractivity contribution in [1.29, 1.82) is 0 Å². The summed E-state index contributed by atoms with van der Waals surface area (Å²) in [4.78, 5) is 80.8. The number of hydrogen-bond donors (Lipinski definition) is 2. The molecule has 286 valence electrons. The van der Waals surface area contributed by atoms with Gasteiger partial charge in [-0.05, 0) is 133 Å². The molecule has 0 unspecified atom stereocenters. The van der Waals surface area contributed by atoms with Gasteiger partial charge >= 0.3 is 11.9 Å². The molecule has 6 aromatic rings. The summed E-state index contributed by atoms with van der Waals surface area (Å²) in [6, 6.07) is 34.4. The number of carbonyl (C=O) groups excluding carboxylic acids is 6. The third-order valence-electron chi connectivity index (χ3n) is 9.22. The van der Waals surface area contributed by atoms with E-state index in [9.17, 15) is 28.8 Å². The Bertz CT molecular complexity index is 2460. The number of nitrogens with two attached hydrogens (primary N) is 2. The highest BCUT2D eigenvalue weighted by atomic mass is 16.6. The predicted octanol–water partition coefficient (Wildman–Crippen LogP) is 7.05. The van der Waals surface area contributed by atoms with Crippen molar-refractivity contribution >= 4 is 58.3 Å². The predicted molar refractivity (Wildman–Crippen MR) is 210 cm³/mol. The second-order valence-corrected chi connectivity index (χ2v) is 13.0. The fourth-order valence-electron chi connectivity index (χ4n) is 6.31. The molecule has 0 bridgehead atoms. The minimum Gasteiger partial charge on any atom is -0.458 e. The molecule has 4 amide bonds. The Hall–Kier alpha value is -8.26. The van der Waals surface area contributed by atoms with E-state index in [-0.39, 0.29) is 46.6 Å². The number of benzene rings is 6. The average molecular weight is 775 g/mol. The van der Waals surface area contributed by atoms with Gasteiger partial charge < -0.3 is 30.4 Å². The second kappa shape index (κ2) is 15.1. The average Bonchev–Trinajstić information content (AvgIpc) is 3.64. The van der Waals surface area contributed by atoms with Gasteiger partial charge in [0.2, 0.25) is 0 Å². The highest BCUT2D eigenvalue weighted by Crippen LogP contribution is 2.33. The number of rotatable bonds is 11. The van der Waals surface area contributed by atoms with Crippen molar-refractivity contribution in [3.05, 3.63) is 167 Å². The maximum atomic E-state index is 13.3. The summed E-state index contributed by atoms with van der Waals surface area (Å²) >= 11 is 0. The quantitative estimate of drug-likeness (QED) is 0.0590. The molecule has 0 aromatic heterocycles. The molecule has 2 aliphatic rings. The van der Waals surface area contributed by atoms with Crippen LogP contribution in [0.5, 0.6) is 23.0 Å². The molecule has 0 radical (unpaired) electrons. The third kappa shape index (κ3) is 7.15. The highest BCUT2D eigenvalue weighted by molar-refractivity contribution is 6.35. The summed E-state index contributed by atoms with van der Waals surface area (Å²) < 4.78 is 22.1. The Morgan fingerprint density at radius 2 is 0.724 bits per heavy atom. The molecule has 6 aromatic carbocycles. The van der Waals surface area contributed by atoms with Crippen LogP contribution < -0.4 is 30.7 Å². The molecular weight excluding hydrogens is 745 g/mol. The zero-order chi connectivity index (χ0) is 40.5. The molecule has 0 saturated carbocycles. The zero-order valence-corrected chi connectivity index (χ0v) is 30.2. The molecule has 0 fully saturated rings. The molecule has 8 rings (SSSR count). The Kier molecular flexibility index (Phi) is 9.56. The number of esters is 2. The van der Waals surface area contributed by atoms with Gasteiger partial charge in [0.25, 0.3) is 23.6 Å². The smallest absolute Gasteiger partial charge is 0.338 e. The molecular formula is C44H30N4O10. The van der Waals surface area contributed by atoms with Crippen molar-refractivity contribution in [2.45, 2.75) is 0 Å². The Balaban J connectivity index is 0.842. The largest absolute Gasteiger partial charge is 0.458 e. The fourth-order valence-corrected chi connectivity index (χ4v) is 6.31. The van der Waals surface area contributed by atoms with Gasteiger partial charge in [-0.1, -0.05) is 0 Å². The SMILES string of the molecule is Nc1ccc(Oc2ccc(N3C(=O)c4ccc(C(=O)OCCOC(=O)c5ccc6c(c5)C(=O)N(c5ccc(Oc7ccc(N)cc7)cc5)C6=O)cc4C3=O)cc2)cc1.